The summed E-state index contributed by atoms with van der Waals surface area (Å²) in [7, 11) is 0. The fraction of sp³-hybridized carbons (Fsp3) is 0.632. The van der Waals surface area contributed by atoms with Crippen molar-refractivity contribution in [1.82, 2.24) is 19.7 Å². The summed E-state index contributed by atoms with van der Waals surface area (Å²) < 4.78 is 2.61. The van der Waals surface area contributed by atoms with Crippen molar-refractivity contribution in [3.05, 3.63) is 22.6 Å². The number of hydrogen-bond donors (Lipinski definition) is 1. The van der Waals surface area contributed by atoms with Gasteiger partial charge in [-0.1, -0.05) is 6.92 Å². The van der Waals surface area contributed by atoms with Crippen LogP contribution >= 0.6 is 27.7 Å². The van der Waals surface area contributed by atoms with E-state index in [1.54, 1.807) is 22.9 Å². The first-order valence-corrected chi connectivity index (χ1v) is 11.5. The number of rotatable bonds is 6. The molecule has 0 aliphatic heterocycles. The fourth-order valence-corrected chi connectivity index (χ4v) is 4.80. The van der Waals surface area contributed by atoms with Crippen LogP contribution in [0.5, 0.6) is 0 Å². The average molecular weight is 455 g/mol. The standard InChI is InChI=1S/C19H27BrN4O2S/c1-5-23(10-13-7-6-12(2)19(13,3)26)18(25)15-8-16-14(9-21-15)17(20)22-24(16)11-27-4/h8-9,12-13,26H,5-7,10-11H2,1-4H3. The first-order valence-electron chi connectivity index (χ1n) is 9.32. The first-order chi connectivity index (χ1) is 12.8. The van der Waals surface area contributed by atoms with Crippen LogP contribution in [0.25, 0.3) is 10.9 Å². The van der Waals surface area contributed by atoms with Gasteiger partial charge < -0.3 is 10.0 Å². The molecule has 0 aromatic carbocycles. The van der Waals surface area contributed by atoms with Gasteiger partial charge in [-0.25, -0.2) is 0 Å². The number of halogens is 1. The van der Waals surface area contributed by atoms with Crippen molar-refractivity contribution in [1.29, 1.82) is 0 Å². The van der Waals surface area contributed by atoms with Gasteiger partial charge in [-0.3, -0.25) is 14.5 Å². The molecule has 0 bridgehead atoms. The number of nitrogens with zero attached hydrogens (tertiary/aromatic N) is 4. The maximum Gasteiger partial charge on any atom is 0.272 e. The highest BCUT2D eigenvalue weighted by molar-refractivity contribution is 9.10. The molecule has 1 fully saturated rings. The molecule has 2 aromatic heterocycles. The maximum atomic E-state index is 13.1. The maximum absolute atomic E-state index is 13.1. The summed E-state index contributed by atoms with van der Waals surface area (Å²) in [5.74, 6) is 0.961. The Morgan fingerprint density at radius 2 is 2.26 bits per heavy atom. The van der Waals surface area contributed by atoms with Crippen LogP contribution in [0.4, 0.5) is 0 Å². The third-order valence-corrected chi connectivity index (χ3v) is 7.03. The number of carbonyl (C=O) groups excluding carboxylic acids is 1. The number of fused-ring (bicyclic) bond motifs is 1. The fourth-order valence-electron chi connectivity index (χ4n) is 3.87. The molecule has 0 saturated heterocycles. The van der Waals surface area contributed by atoms with Crippen molar-refractivity contribution in [3.8, 4) is 0 Å². The predicted octanol–water partition coefficient (Wildman–Crippen LogP) is 3.77. The number of hydrogen-bond acceptors (Lipinski definition) is 5. The Bertz CT molecular complexity index is 838. The average Bonchev–Trinajstić information content (AvgIpc) is 3.09. The highest BCUT2D eigenvalue weighted by Gasteiger charge is 2.43. The van der Waals surface area contributed by atoms with Crippen molar-refractivity contribution in [2.45, 2.75) is 45.1 Å². The zero-order chi connectivity index (χ0) is 19.8. The van der Waals surface area contributed by atoms with E-state index in [-0.39, 0.29) is 17.7 Å². The van der Waals surface area contributed by atoms with Gasteiger partial charge in [-0.15, -0.1) is 11.8 Å². The molecule has 0 radical (unpaired) electrons. The molecule has 3 unspecified atom stereocenters. The SMILES string of the molecule is CCN(CC1CCC(C)C1(C)O)C(=O)c1cc2c(cn1)c(Br)nn2CSC. The molecule has 2 aromatic rings. The number of carbonyl (C=O) groups is 1. The topological polar surface area (TPSA) is 71.2 Å². The summed E-state index contributed by atoms with van der Waals surface area (Å²) in [6.07, 6.45) is 5.66. The van der Waals surface area contributed by atoms with Crippen LogP contribution in [-0.2, 0) is 5.88 Å². The van der Waals surface area contributed by atoms with E-state index >= 15 is 0 Å². The normalized spacial score (nSPS) is 25.3. The quantitative estimate of drug-likeness (QED) is 0.718. The van der Waals surface area contributed by atoms with Crippen LogP contribution in [-0.4, -0.2) is 55.6 Å². The number of aromatic nitrogens is 3. The Morgan fingerprint density at radius 1 is 1.52 bits per heavy atom. The second-order valence-electron chi connectivity index (χ2n) is 7.54. The molecular formula is C19H27BrN4O2S. The minimum atomic E-state index is -0.729. The van der Waals surface area contributed by atoms with Crippen LogP contribution in [0.15, 0.2) is 16.9 Å². The second-order valence-corrected chi connectivity index (χ2v) is 9.13. The molecule has 3 rings (SSSR count). The molecular weight excluding hydrogens is 428 g/mol. The molecule has 1 amide bonds. The summed E-state index contributed by atoms with van der Waals surface area (Å²) in [5.41, 5.74) is 0.587. The van der Waals surface area contributed by atoms with Crippen LogP contribution in [0.3, 0.4) is 0 Å². The van der Waals surface area contributed by atoms with Gasteiger partial charge in [0.05, 0.1) is 22.4 Å². The van der Waals surface area contributed by atoms with Gasteiger partial charge in [-0.05, 0) is 60.9 Å². The molecule has 27 heavy (non-hydrogen) atoms. The van der Waals surface area contributed by atoms with Crippen LogP contribution in [0, 0.1) is 11.8 Å². The van der Waals surface area contributed by atoms with Gasteiger partial charge in [0, 0.05) is 25.2 Å². The minimum Gasteiger partial charge on any atom is -0.390 e. The monoisotopic (exact) mass is 454 g/mol. The lowest BCUT2D eigenvalue weighted by Gasteiger charge is -2.33. The summed E-state index contributed by atoms with van der Waals surface area (Å²) in [6, 6.07) is 1.82. The molecule has 6 nitrogen and oxygen atoms in total. The van der Waals surface area contributed by atoms with Crippen LogP contribution in [0.2, 0.25) is 0 Å². The Morgan fingerprint density at radius 3 is 2.85 bits per heavy atom. The molecule has 8 heteroatoms. The zero-order valence-corrected chi connectivity index (χ0v) is 18.7. The molecule has 1 saturated carbocycles. The summed E-state index contributed by atoms with van der Waals surface area (Å²) in [6.45, 7) is 7.10. The largest absolute Gasteiger partial charge is 0.390 e. The van der Waals surface area contributed by atoms with Gasteiger partial charge in [0.15, 0.2) is 0 Å². The van der Waals surface area contributed by atoms with E-state index in [2.05, 4.69) is 32.9 Å². The van der Waals surface area contributed by atoms with E-state index in [1.807, 2.05) is 30.9 Å². The predicted molar refractivity (Wildman–Crippen MR) is 113 cm³/mol. The Balaban J connectivity index is 1.86. The van der Waals surface area contributed by atoms with E-state index in [0.29, 0.717) is 24.7 Å². The lowest BCUT2D eigenvalue weighted by molar-refractivity contribution is -0.0218. The van der Waals surface area contributed by atoms with E-state index in [1.165, 1.54) is 0 Å². The summed E-state index contributed by atoms with van der Waals surface area (Å²) in [4.78, 5) is 19.3. The van der Waals surface area contributed by atoms with Gasteiger partial charge in [0.2, 0.25) is 0 Å². The second kappa shape index (κ2) is 8.09. The Labute approximate surface area is 172 Å². The number of thioether (sulfide) groups is 1. The van der Waals surface area contributed by atoms with Crippen molar-refractivity contribution in [2.24, 2.45) is 11.8 Å². The van der Waals surface area contributed by atoms with Gasteiger partial charge >= 0.3 is 0 Å². The highest BCUT2D eigenvalue weighted by Crippen LogP contribution is 2.40. The third-order valence-electron chi connectivity index (χ3n) is 5.94. The van der Waals surface area contributed by atoms with Crippen molar-refractivity contribution in [2.75, 3.05) is 19.3 Å². The van der Waals surface area contributed by atoms with Crippen molar-refractivity contribution >= 4 is 44.5 Å². The molecule has 148 valence electrons. The van der Waals surface area contributed by atoms with Crippen LogP contribution in [0.1, 0.15) is 44.1 Å². The van der Waals surface area contributed by atoms with E-state index < -0.39 is 5.60 Å². The lowest BCUT2D eigenvalue weighted by atomic mass is 9.86. The molecule has 2 heterocycles. The number of pyridine rings is 1. The van der Waals surface area contributed by atoms with Gasteiger partial charge in [0.25, 0.3) is 5.91 Å². The van der Waals surface area contributed by atoms with E-state index in [9.17, 15) is 9.90 Å². The molecule has 3 atom stereocenters. The van der Waals surface area contributed by atoms with Crippen LogP contribution < -0.4 is 0 Å². The summed E-state index contributed by atoms with van der Waals surface area (Å²) in [5, 5.41) is 16.2. The van der Waals surface area contributed by atoms with Gasteiger partial charge in [0.1, 0.15) is 10.3 Å². The first kappa shape index (κ1) is 20.6. The third kappa shape index (κ3) is 3.89. The molecule has 0 spiro atoms. The lowest BCUT2D eigenvalue weighted by Crippen LogP contribution is -2.44. The summed E-state index contributed by atoms with van der Waals surface area (Å²) >= 11 is 5.13. The Hall–Kier alpha value is -1.12. The van der Waals surface area contributed by atoms with Crippen molar-refractivity contribution in [3.63, 3.8) is 0 Å². The highest BCUT2D eigenvalue weighted by atomic mass is 79.9. The molecule has 1 aliphatic carbocycles. The zero-order valence-electron chi connectivity index (χ0n) is 16.3. The minimum absolute atomic E-state index is 0.0938. The molecule has 1 aliphatic rings. The van der Waals surface area contributed by atoms with E-state index in [4.69, 9.17) is 0 Å². The number of amides is 1. The molecule has 1 N–H and O–H groups in total. The van der Waals surface area contributed by atoms with Gasteiger partial charge in [-0.2, -0.15) is 5.10 Å². The van der Waals surface area contributed by atoms with E-state index in [0.717, 1.165) is 28.3 Å². The number of aliphatic hydroxyl groups is 1. The smallest absolute Gasteiger partial charge is 0.272 e. The Kier molecular flexibility index (Phi) is 6.17. The van der Waals surface area contributed by atoms with Crippen molar-refractivity contribution < 1.29 is 9.90 Å².